The molecule has 0 fully saturated rings. The molecule has 0 amide bonds. The maximum Gasteiger partial charge on any atom is 0.306 e. The Kier molecular flexibility index (Phi) is 7.17. The number of thioether (sulfide) groups is 1. The molecule has 138 valence electrons. The van der Waals surface area contributed by atoms with Crippen molar-refractivity contribution >= 4 is 35.1 Å². The predicted molar refractivity (Wildman–Crippen MR) is 103 cm³/mol. The molecule has 2 aromatic rings. The summed E-state index contributed by atoms with van der Waals surface area (Å²) >= 11 is 7.30. The third kappa shape index (κ3) is 5.29. The van der Waals surface area contributed by atoms with E-state index < -0.39 is 12.1 Å². The molecule has 2 rings (SSSR count). The average Bonchev–Trinajstić information content (AvgIpc) is 2.60. The summed E-state index contributed by atoms with van der Waals surface area (Å²) in [4.78, 5) is 33.2. The number of esters is 1. The lowest BCUT2D eigenvalue weighted by Gasteiger charge is -2.13. The van der Waals surface area contributed by atoms with Crippen molar-refractivity contribution in [2.24, 2.45) is 0 Å². The van der Waals surface area contributed by atoms with E-state index in [1.54, 1.807) is 31.2 Å². The first kappa shape index (κ1) is 20.4. The highest BCUT2D eigenvalue weighted by molar-refractivity contribution is 7.98. The monoisotopic (exact) mass is 392 g/mol. The summed E-state index contributed by atoms with van der Waals surface area (Å²) in [5, 5.41) is 1.26. The lowest BCUT2D eigenvalue weighted by atomic mass is 10.1. The smallest absolute Gasteiger partial charge is 0.306 e. The van der Waals surface area contributed by atoms with Gasteiger partial charge in [-0.1, -0.05) is 23.4 Å². The van der Waals surface area contributed by atoms with Gasteiger partial charge in [-0.25, -0.2) is 9.97 Å². The molecule has 0 saturated carbocycles. The van der Waals surface area contributed by atoms with E-state index in [1.165, 1.54) is 11.8 Å². The second kappa shape index (κ2) is 9.14. The predicted octanol–water partition coefficient (Wildman–Crippen LogP) is 4.22. The van der Waals surface area contributed by atoms with Crippen LogP contribution in [0.15, 0.2) is 29.4 Å². The van der Waals surface area contributed by atoms with E-state index in [4.69, 9.17) is 16.3 Å². The van der Waals surface area contributed by atoms with Gasteiger partial charge in [-0.05, 0) is 63.3 Å². The van der Waals surface area contributed by atoms with Gasteiger partial charge in [0.25, 0.3) is 0 Å². The number of hydrogen-bond donors (Lipinski definition) is 0. The molecular formula is C19H21ClN2O3S. The van der Waals surface area contributed by atoms with Crippen LogP contribution in [0.25, 0.3) is 0 Å². The van der Waals surface area contributed by atoms with Gasteiger partial charge in [0.2, 0.25) is 5.78 Å². The fourth-order valence-corrected chi connectivity index (χ4v) is 3.13. The summed E-state index contributed by atoms with van der Waals surface area (Å²) in [5.41, 5.74) is 3.12. The lowest BCUT2D eigenvalue weighted by molar-refractivity contribution is -0.146. The molecule has 26 heavy (non-hydrogen) atoms. The molecule has 0 bridgehead atoms. The molecule has 1 heterocycles. The normalized spacial score (nSPS) is 11.9. The molecule has 7 heteroatoms. The Bertz CT molecular complexity index is 786. The number of rotatable bonds is 7. The zero-order chi connectivity index (χ0) is 19.3. The van der Waals surface area contributed by atoms with Crippen LogP contribution in [0.5, 0.6) is 0 Å². The summed E-state index contributed by atoms with van der Waals surface area (Å²) < 4.78 is 5.28. The molecule has 1 aromatic carbocycles. The van der Waals surface area contributed by atoms with Crippen molar-refractivity contribution in [3.8, 4) is 0 Å². The number of ketones is 1. The molecule has 1 atom stereocenters. The molecule has 1 unspecified atom stereocenters. The molecule has 5 nitrogen and oxygen atoms in total. The fraction of sp³-hybridized carbons (Fsp3) is 0.368. The van der Waals surface area contributed by atoms with Crippen LogP contribution < -0.4 is 0 Å². The van der Waals surface area contributed by atoms with Gasteiger partial charge in [0.05, 0.1) is 0 Å². The highest BCUT2D eigenvalue weighted by Crippen LogP contribution is 2.18. The van der Waals surface area contributed by atoms with Crippen LogP contribution in [-0.4, -0.2) is 34.1 Å². The second-order valence-corrected chi connectivity index (χ2v) is 7.07. The standard InChI is InChI=1S/C19H21ClN2O3S/c1-11-16(12(2)22-19(21-11)26-4)9-10-17(23)25-13(3)18(24)14-5-7-15(20)8-6-14/h5-8,13H,9-10H2,1-4H3. The molecule has 0 aliphatic rings. The minimum atomic E-state index is -0.846. The van der Waals surface area contributed by atoms with Crippen molar-refractivity contribution in [3.05, 3.63) is 51.8 Å². The number of hydrogen-bond acceptors (Lipinski definition) is 6. The van der Waals surface area contributed by atoms with Gasteiger partial charge in [0.1, 0.15) is 0 Å². The second-order valence-electron chi connectivity index (χ2n) is 5.86. The van der Waals surface area contributed by atoms with Crippen molar-refractivity contribution in [2.45, 2.75) is 44.9 Å². The Morgan fingerprint density at radius 1 is 1.15 bits per heavy atom. The van der Waals surface area contributed by atoms with Gasteiger partial charge in [0, 0.05) is 28.4 Å². The number of Topliss-reactive ketones (excluding diaryl/α,β-unsaturated/α-hetero) is 1. The minimum Gasteiger partial charge on any atom is -0.454 e. The summed E-state index contributed by atoms with van der Waals surface area (Å²) in [5.74, 6) is -0.678. The molecule has 0 saturated heterocycles. The number of halogens is 1. The molecule has 1 aromatic heterocycles. The molecular weight excluding hydrogens is 372 g/mol. The van der Waals surface area contributed by atoms with Crippen LogP contribution in [-0.2, 0) is 16.0 Å². The maximum atomic E-state index is 12.3. The van der Waals surface area contributed by atoms with Gasteiger partial charge in [-0.15, -0.1) is 0 Å². The van der Waals surface area contributed by atoms with Crippen molar-refractivity contribution in [1.29, 1.82) is 0 Å². The van der Waals surface area contributed by atoms with Crippen molar-refractivity contribution in [3.63, 3.8) is 0 Å². The summed E-state index contributed by atoms with van der Waals surface area (Å²) in [6.07, 6.45) is 1.72. The number of ether oxygens (including phenoxy) is 1. The Hall–Kier alpha value is -1.92. The quantitative estimate of drug-likeness (QED) is 0.304. The first-order chi connectivity index (χ1) is 12.3. The average molecular weight is 393 g/mol. The van der Waals surface area contributed by atoms with Gasteiger partial charge in [-0.3, -0.25) is 9.59 Å². The molecule has 0 aliphatic carbocycles. The van der Waals surface area contributed by atoms with Crippen molar-refractivity contribution in [2.75, 3.05) is 6.26 Å². The van der Waals surface area contributed by atoms with Crippen LogP contribution in [0.2, 0.25) is 5.02 Å². The molecule has 0 N–H and O–H groups in total. The first-order valence-electron chi connectivity index (χ1n) is 8.19. The Morgan fingerprint density at radius 3 is 2.27 bits per heavy atom. The number of carbonyl (C=O) groups excluding carboxylic acids is 2. The number of aromatic nitrogens is 2. The third-order valence-corrected chi connectivity index (χ3v) is 4.77. The zero-order valence-corrected chi connectivity index (χ0v) is 16.8. The van der Waals surface area contributed by atoms with Gasteiger partial charge in [-0.2, -0.15) is 0 Å². The number of aryl methyl sites for hydroxylation is 2. The number of carbonyl (C=O) groups is 2. The minimum absolute atomic E-state index is 0.169. The number of benzene rings is 1. The van der Waals surface area contributed by atoms with Crippen LogP contribution in [0.3, 0.4) is 0 Å². The van der Waals surface area contributed by atoms with Crippen LogP contribution >= 0.6 is 23.4 Å². The molecule has 0 aliphatic heterocycles. The SMILES string of the molecule is CSc1nc(C)c(CCC(=O)OC(C)C(=O)c2ccc(Cl)cc2)c(C)n1. The van der Waals surface area contributed by atoms with E-state index in [2.05, 4.69) is 9.97 Å². The van der Waals surface area contributed by atoms with Gasteiger partial charge in [0.15, 0.2) is 11.3 Å². The molecule has 0 radical (unpaired) electrons. The Balaban J connectivity index is 1.94. The topological polar surface area (TPSA) is 69.2 Å². The van der Waals surface area contributed by atoms with Crippen LogP contribution in [0.4, 0.5) is 0 Å². The van der Waals surface area contributed by atoms with E-state index >= 15 is 0 Å². The number of nitrogens with zero attached hydrogens (tertiary/aromatic N) is 2. The van der Waals surface area contributed by atoms with Gasteiger partial charge < -0.3 is 4.74 Å². The van der Waals surface area contributed by atoms with E-state index in [1.807, 2.05) is 20.1 Å². The van der Waals surface area contributed by atoms with E-state index in [9.17, 15) is 9.59 Å². The molecule has 0 spiro atoms. The fourth-order valence-electron chi connectivity index (χ4n) is 2.55. The first-order valence-corrected chi connectivity index (χ1v) is 9.79. The largest absolute Gasteiger partial charge is 0.454 e. The lowest BCUT2D eigenvalue weighted by Crippen LogP contribution is -2.24. The van der Waals surface area contributed by atoms with E-state index in [0.717, 1.165) is 17.0 Å². The summed E-state index contributed by atoms with van der Waals surface area (Å²) in [6.45, 7) is 5.38. The highest BCUT2D eigenvalue weighted by atomic mass is 35.5. The van der Waals surface area contributed by atoms with Crippen LogP contribution in [0.1, 0.15) is 40.7 Å². The van der Waals surface area contributed by atoms with Gasteiger partial charge >= 0.3 is 5.97 Å². The third-order valence-electron chi connectivity index (χ3n) is 3.97. The Morgan fingerprint density at radius 2 is 1.73 bits per heavy atom. The maximum absolute atomic E-state index is 12.3. The summed E-state index contributed by atoms with van der Waals surface area (Å²) in [7, 11) is 0. The van der Waals surface area contributed by atoms with E-state index in [-0.39, 0.29) is 12.2 Å². The van der Waals surface area contributed by atoms with Crippen molar-refractivity contribution < 1.29 is 14.3 Å². The van der Waals surface area contributed by atoms with Crippen LogP contribution in [0, 0.1) is 13.8 Å². The highest BCUT2D eigenvalue weighted by Gasteiger charge is 2.20. The zero-order valence-electron chi connectivity index (χ0n) is 15.2. The van der Waals surface area contributed by atoms with Crippen molar-refractivity contribution in [1.82, 2.24) is 9.97 Å². The Labute approximate surface area is 162 Å². The summed E-state index contributed by atoms with van der Waals surface area (Å²) in [6, 6.07) is 6.50. The van der Waals surface area contributed by atoms with E-state index in [0.29, 0.717) is 22.2 Å².